The summed E-state index contributed by atoms with van der Waals surface area (Å²) in [5.74, 6) is -2.12. The summed E-state index contributed by atoms with van der Waals surface area (Å²) in [7, 11) is 0. The maximum Gasteiger partial charge on any atom is 0.258 e. The van der Waals surface area contributed by atoms with Crippen molar-refractivity contribution in [3.8, 4) is 5.75 Å². The van der Waals surface area contributed by atoms with E-state index in [0.29, 0.717) is 12.6 Å². The van der Waals surface area contributed by atoms with E-state index in [1.807, 2.05) is 0 Å². The van der Waals surface area contributed by atoms with Gasteiger partial charge in [0.25, 0.3) is 5.91 Å². The molecule has 6 heteroatoms. The van der Waals surface area contributed by atoms with Crippen LogP contribution in [0.1, 0.15) is 6.92 Å². The third-order valence-corrected chi connectivity index (χ3v) is 2.01. The van der Waals surface area contributed by atoms with E-state index >= 15 is 0 Å². The molecule has 1 amide bonds. The Kier molecular flexibility index (Phi) is 4.84. The predicted molar refractivity (Wildman–Crippen MR) is 58.5 cm³/mol. The van der Waals surface area contributed by atoms with E-state index in [1.54, 1.807) is 6.92 Å². The number of halogens is 2. The first-order valence-corrected chi connectivity index (χ1v) is 5.10. The molecule has 4 nitrogen and oxygen atoms in total. The molecule has 0 aliphatic rings. The van der Waals surface area contributed by atoms with Crippen LogP contribution in [-0.2, 0) is 4.79 Å². The first-order chi connectivity index (χ1) is 8.02. The lowest BCUT2D eigenvalue weighted by Gasteiger charge is -2.12. The van der Waals surface area contributed by atoms with Gasteiger partial charge < -0.3 is 15.8 Å². The molecule has 1 atom stereocenters. The molecule has 0 aromatic heterocycles. The molecular weight excluding hydrogens is 230 g/mol. The van der Waals surface area contributed by atoms with Crippen LogP contribution >= 0.6 is 0 Å². The van der Waals surface area contributed by atoms with Crippen molar-refractivity contribution in [1.82, 2.24) is 5.32 Å². The number of amides is 1. The number of benzene rings is 1. The second-order valence-electron chi connectivity index (χ2n) is 3.57. The Morgan fingerprint density at radius 1 is 1.53 bits per heavy atom. The first-order valence-electron chi connectivity index (χ1n) is 5.10. The van der Waals surface area contributed by atoms with E-state index in [-0.39, 0.29) is 18.4 Å². The van der Waals surface area contributed by atoms with Crippen molar-refractivity contribution >= 4 is 5.91 Å². The molecule has 0 heterocycles. The lowest BCUT2D eigenvalue weighted by atomic mass is 10.3. The maximum absolute atomic E-state index is 13.1. The fourth-order valence-electron chi connectivity index (χ4n) is 1.11. The first kappa shape index (κ1) is 13.4. The highest BCUT2D eigenvalue weighted by Gasteiger charge is 2.09. The summed E-state index contributed by atoms with van der Waals surface area (Å²) in [5.41, 5.74) is 5.31. The molecule has 1 aromatic carbocycles. The van der Waals surface area contributed by atoms with Gasteiger partial charge in [0.05, 0.1) is 0 Å². The lowest BCUT2D eigenvalue weighted by Crippen LogP contribution is -2.40. The molecule has 0 aliphatic heterocycles. The zero-order valence-electron chi connectivity index (χ0n) is 9.37. The second-order valence-corrected chi connectivity index (χ2v) is 3.57. The molecule has 0 spiro atoms. The van der Waals surface area contributed by atoms with Crippen molar-refractivity contribution in [3.05, 3.63) is 29.8 Å². The predicted octanol–water partition coefficient (Wildman–Crippen LogP) is 0.807. The highest BCUT2D eigenvalue weighted by molar-refractivity contribution is 5.77. The molecule has 0 fully saturated rings. The van der Waals surface area contributed by atoms with Crippen molar-refractivity contribution < 1.29 is 18.3 Å². The number of ether oxygens (including phenoxy) is 1. The van der Waals surface area contributed by atoms with Crippen LogP contribution in [0.5, 0.6) is 5.75 Å². The molecular formula is C11H14F2N2O2. The molecule has 3 N–H and O–H groups in total. The van der Waals surface area contributed by atoms with E-state index in [1.165, 1.54) is 0 Å². The topological polar surface area (TPSA) is 64.3 Å². The SMILES string of the molecule is CC(CN)NC(=O)COc1ccc(F)cc1F. The number of carbonyl (C=O) groups excluding carboxylic acids is 1. The van der Waals surface area contributed by atoms with Crippen LogP contribution in [0, 0.1) is 11.6 Å². The summed E-state index contributed by atoms with van der Waals surface area (Å²) in [6.07, 6.45) is 0. The molecule has 17 heavy (non-hydrogen) atoms. The van der Waals surface area contributed by atoms with E-state index in [0.717, 1.165) is 12.1 Å². The van der Waals surface area contributed by atoms with E-state index < -0.39 is 17.5 Å². The third-order valence-electron chi connectivity index (χ3n) is 2.01. The van der Waals surface area contributed by atoms with Crippen LogP contribution in [0.15, 0.2) is 18.2 Å². The van der Waals surface area contributed by atoms with E-state index in [2.05, 4.69) is 5.32 Å². The average molecular weight is 244 g/mol. The zero-order valence-corrected chi connectivity index (χ0v) is 9.37. The Bertz CT molecular complexity index is 399. The van der Waals surface area contributed by atoms with Gasteiger partial charge in [-0.1, -0.05) is 0 Å². The molecule has 94 valence electrons. The number of carbonyl (C=O) groups is 1. The minimum atomic E-state index is -0.843. The van der Waals surface area contributed by atoms with Gasteiger partial charge >= 0.3 is 0 Å². The molecule has 0 saturated heterocycles. The largest absolute Gasteiger partial charge is 0.481 e. The Morgan fingerprint density at radius 3 is 2.82 bits per heavy atom. The van der Waals surface area contributed by atoms with Gasteiger partial charge in [-0.15, -0.1) is 0 Å². The second kappa shape index (κ2) is 6.15. The van der Waals surface area contributed by atoms with Crippen molar-refractivity contribution in [2.45, 2.75) is 13.0 Å². The number of nitrogens with one attached hydrogen (secondary N) is 1. The summed E-state index contributed by atoms with van der Waals surface area (Å²) in [5, 5.41) is 2.55. The van der Waals surface area contributed by atoms with Crippen LogP contribution in [0.4, 0.5) is 8.78 Å². The van der Waals surface area contributed by atoms with Crippen molar-refractivity contribution in [1.29, 1.82) is 0 Å². The molecule has 0 bridgehead atoms. The van der Waals surface area contributed by atoms with Crippen LogP contribution in [-0.4, -0.2) is 25.1 Å². The molecule has 0 radical (unpaired) electrons. The van der Waals surface area contributed by atoms with Crippen molar-refractivity contribution in [3.63, 3.8) is 0 Å². The van der Waals surface area contributed by atoms with Crippen molar-refractivity contribution in [2.75, 3.05) is 13.2 Å². The van der Waals surface area contributed by atoms with Gasteiger partial charge in [-0.05, 0) is 19.1 Å². The summed E-state index contributed by atoms with van der Waals surface area (Å²) in [6, 6.07) is 2.70. The number of hydrogen-bond donors (Lipinski definition) is 2. The molecule has 1 unspecified atom stereocenters. The van der Waals surface area contributed by atoms with Crippen LogP contribution < -0.4 is 15.8 Å². The molecule has 0 aliphatic carbocycles. The van der Waals surface area contributed by atoms with Gasteiger partial charge in [0, 0.05) is 18.7 Å². The van der Waals surface area contributed by atoms with Crippen LogP contribution in [0.25, 0.3) is 0 Å². The van der Waals surface area contributed by atoms with Gasteiger partial charge in [-0.25, -0.2) is 8.78 Å². The highest BCUT2D eigenvalue weighted by atomic mass is 19.1. The summed E-state index contributed by atoms with van der Waals surface area (Å²) in [6.45, 7) is 1.69. The number of rotatable bonds is 5. The Labute approximate surface area is 97.8 Å². The molecule has 1 aromatic rings. The normalized spacial score (nSPS) is 12.0. The Balaban J connectivity index is 2.47. The number of hydrogen-bond acceptors (Lipinski definition) is 3. The van der Waals surface area contributed by atoms with E-state index in [4.69, 9.17) is 10.5 Å². The monoisotopic (exact) mass is 244 g/mol. The standard InChI is InChI=1S/C11H14F2N2O2/c1-7(5-14)15-11(16)6-17-10-3-2-8(12)4-9(10)13/h2-4,7H,5-6,14H2,1H3,(H,15,16). The minimum absolute atomic E-state index is 0.165. The minimum Gasteiger partial charge on any atom is -0.481 e. The summed E-state index contributed by atoms with van der Waals surface area (Å²) in [4.78, 5) is 11.3. The molecule has 1 rings (SSSR count). The van der Waals surface area contributed by atoms with Crippen molar-refractivity contribution in [2.24, 2.45) is 5.73 Å². The van der Waals surface area contributed by atoms with Crippen LogP contribution in [0.2, 0.25) is 0 Å². The highest BCUT2D eigenvalue weighted by Crippen LogP contribution is 2.17. The molecule has 0 saturated carbocycles. The van der Waals surface area contributed by atoms with E-state index in [9.17, 15) is 13.6 Å². The summed E-state index contributed by atoms with van der Waals surface area (Å²) < 4.78 is 30.6. The quantitative estimate of drug-likeness (QED) is 0.805. The number of nitrogens with two attached hydrogens (primary N) is 1. The average Bonchev–Trinajstić information content (AvgIpc) is 2.27. The van der Waals surface area contributed by atoms with Gasteiger partial charge in [0.1, 0.15) is 5.82 Å². The lowest BCUT2D eigenvalue weighted by molar-refractivity contribution is -0.123. The fraction of sp³-hybridized carbons (Fsp3) is 0.364. The fourth-order valence-corrected chi connectivity index (χ4v) is 1.11. The van der Waals surface area contributed by atoms with Gasteiger partial charge in [0.15, 0.2) is 18.2 Å². The summed E-state index contributed by atoms with van der Waals surface area (Å²) >= 11 is 0. The smallest absolute Gasteiger partial charge is 0.258 e. The third kappa shape index (κ3) is 4.36. The van der Waals surface area contributed by atoms with Gasteiger partial charge in [-0.3, -0.25) is 4.79 Å². The zero-order chi connectivity index (χ0) is 12.8. The van der Waals surface area contributed by atoms with Gasteiger partial charge in [0.2, 0.25) is 0 Å². The van der Waals surface area contributed by atoms with Crippen LogP contribution in [0.3, 0.4) is 0 Å². The van der Waals surface area contributed by atoms with Gasteiger partial charge in [-0.2, -0.15) is 0 Å². The Morgan fingerprint density at radius 2 is 2.24 bits per heavy atom. The Hall–Kier alpha value is -1.69. The maximum atomic E-state index is 13.1.